The summed E-state index contributed by atoms with van der Waals surface area (Å²) in [6.07, 6.45) is 3.83. The summed E-state index contributed by atoms with van der Waals surface area (Å²) >= 11 is 0. The zero-order chi connectivity index (χ0) is 21.6. The lowest BCUT2D eigenvalue weighted by Gasteiger charge is -2.25. The lowest BCUT2D eigenvalue weighted by Crippen LogP contribution is -2.38. The quantitative estimate of drug-likeness (QED) is 0.697. The summed E-state index contributed by atoms with van der Waals surface area (Å²) in [4.78, 5) is 14.6. The van der Waals surface area contributed by atoms with Gasteiger partial charge in [0.25, 0.3) is 5.91 Å². The number of fused-ring (bicyclic) bond motifs is 1. The lowest BCUT2D eigenvalue weighted by atomic mass is 9.91. The first-order chi connectivity index (χ1) is 14.1. The van der Waals surface area contributed by atoms with Crippen LogP contribution in [0.2, 0.25) is 0 Å². The Morgan fingerprint density at radius 3 is 2.57 bits per heavy atom. The van der Waals surface area contributed by atoms with Crippen LogP contribution >= 0.6 is 0 Å². The van der Waals surface area contributed by atoms with Crippen LogP contribution in [0.3, 0.4) is 0 Å². The molecule has 1 amide bonds. The van der Waals surface area contributed by atoms with Gasteiger partial charge in [0.1, 0.15) is 5.82 Å². The Balaban J connectivity index is 1.64. The van der Waals surface area contributed by atoms with Gasteiger partial charge in [0.2, 0.25) is 0 Å². The van der Waals surface area contributed by atoms with E-state index in [9.17, 15) is 14.3 Å². The summed E-state index contributed by atoms with van der Waals surface area (Å²) in [7, 11) is 0. The minimum atomic E-state index is -0.955. The summed E-state index contributed by atoms with van der Waals surface area (Å²) in [5, 5.41) is 14.3. The Morgan fingerprint density at radius 1 is 1.17 bits per heavy atom. The van der Waals surface area contributed by atoms with Crippen molar-refractivity contribution in [2.75, 3.05) is 6.54 Å². The number of carbonyl (C=O) groups excluding carboxylic acids is 1. The number of carbonyl (C=O) groups is 1. The standard InChI is InChI=1S/C24H26FN3O2/c1-15-16(2)21-13-27(14-24(3,4)30)23(29)20(21)11-18(15)10-17-6-7-19(12-22(17)25)28-9-5-8-26-28/h5-9,11-12,30H,10,13-14H2,1-4H3. The third-order valence-electron chi connectivity index (χ3n) is 5.77. The van der Waals surface area contributed by atoms with Crippen molar-refractivity contribution in [1.29, 1.82) is 0 Å². The molecular weight excluding hydrogens is 381 g/mol. The minimum absolute atomic E-state index is 0.0778. The first kappa shape index (κ1) is 20.3. The van der Waals surface area contributed by atoms with Gasteiger partial charge in [-0.05, 0) is 79.8 Å². The predicted molar refractivity (Wildman–Crippen MR) is 113 cm³/mol. The molecular formula is C24H26FN3O2. The molecule has 1 N–H and O–H groups in total. The van der Waals surface area contributed by atoms with Gasteiger partial charge in [-0.1, -0.05) is 6.07 Å². The summed E-state index contributed by atoms with van der Waals surface area (Å²) < 4.78 is 16.4. The number of amides is 1. The topological polar surface area (TPSA) is 58.4 Å². The summed E-state index contributed by atoms with van der Waals surface area (Å²) in [5.41, 5.74) is 5.02. The van der Waals surface area contributed by atoms with E-state index in [1.807, 2.05) is 26.0 Å². The minimum Gasteiger partial charge on any atom is -0.389 e. The van der Waals surface area contributed by atoms with Crippen LogP contribution in [-0.2, 0) is 13.0 Å². The van der Waals surface area contributed by atoms with E-state index >= 15 is 0 Å². The van der Waals surface area contributed by atoms with E-state index in [0.29, 0.717) is 29.8 Å². The van der Waals surface area contributed by atoms with Crippen LogP contribution in [0.4, 0.5) is 4.39 Å². The van der Waals surface area contributed by atoms with Crippen molar-refractivity contribution in [3.05, 3.63) is 81.9 Å². The van der Waals surface area contributed by atoms with Gasteiger partial charge < -0.3 is 10.0 Å². The third kappa shape index (κ3) is 3.75. The van der Waals surface area contributed by atoms with Gasteiger partial charge in [-0.25, -0.2) is 9.07 Å². The van der Waals surface area contributed by atoms with Crippen molar-refractivity contribution in [2.24, 2.45) is 0 Å². The number of aromatic nitrogens is 2. The van der Waals surface area contributed by atoms with Crippen LogP contribution < -0.4 is 0 Å². The van der Waals surface area contributed by atoms with Gasteiger partial charge in [-0.3, -0.25) is 4.79 Å². The molecule has 5 nitrogen and oxygen atoms in total. The first-order valence-corrected chi connectivity index (χ1v) is 10.1. The maximum absolute atomic E-state index is 14.8. The molecule has 156 valence electrons. The molecule has 0 unspecified atom stereocenters. The molecule has 2 heterocycles. The molecule has 1 aliphatic rings. The monoisotopic (exact) mass is 407 g/mol. The maximum Gasteiger partial charge on any atom is 0.254 e. The molecule has 0 bridgehead atoms. The highest BCUT2D eigenvalue weighted by Crippen LogP contribution is 2.32. The smallest absolute Gasteiger partial charge is 0.254 e. The second-order valence-corrected chi connectivity index (χ2v) is 8.69. The Kier molecular flexibility index (Phi) is 4.98. The van der Waals surface area contributed by atoms with E-state index < -0.39 is 5.60 Å². The second-order valence-electron chi connectivity index (χ2n) is 8.69. The number of aliphatic hydroxyl groups is 1. The molecule has 0 fully saturated rings. The summed E-state index contributed by atoms with van der Waals surface area (Å²) in [6, 6.07) is 8.79. The third-order valence-corrected chi connectivity index (χ3v) is 5.77. The van der Waals surface area contributed by atoms with Crippen LogP contribution in [0.5, 0.6) is 0 Å². The molecule has 6 heteroatoms. The average Bonchev–Trinajstić information content (AvgIpc) is 3.30. The highest BCUT2D eigenvalue weighted by atomic mass is 19.1. The van der Waals surface area contributed by atoms with Crippen LogP contribution in [-0.4, -0.2) is 37.8 Å². The highest BCUT2D eigenvalue weighted by Gasteiger charge is 2.33. The largest absolute Gasteiger partial charge is 0.389 e. The molecule has 0 saturated carbocycles. The molecule has 0 atom stereocenters. The Hall–Kier alpha value is -2.99. The van der Waals surface area contributed by atoms with Gasteiger partial charge in [0, 0.05) is 37.5 Å². The zero-order valence-electron chi connectivity index (χ0n) is 17.7. The van der Waals surface area contributed by atoms with Crippen molar-refractivity contribution < 1.29 is 14.3 Å². The fourth-order valence-corrected chi connectivity index (χ4v) is 4.09. The van der Waals surface area contributed by atoms with Gasteiger partial charge in [0.15, 0.2) is 0 Å². The summed E-state index contributed by atoms with van der Waals surface area (Å²) in [5.74, 6) is -0.374. The molecule has 0 radical (unpaired) electrons. The van der Waals surface area contributed by atoms with Gasteiger partial charge in [-0.2, -0.15) is 5.10 Å². The van der Waals surface area contributed by atoms with Crippen LogP contribution in [0.25, 0.3) is 5.69 Å². The fourth-order valence-electron chi connectivity index (χ4n) is 4.09. The molecule has 4 rings (SSSR count). The molecule has 0 aliphatic carbocycles. The van der Waals surface area contributed by atoms with E-state index in [4.69, 9.17) is 0 Å². The van der Waals surface area contributed by atoms with Crippen LogP contribution in [0, 0.1) is 19.7 Å². The zero-order valence-corrected chi connectivity index (χ0v) is 17.7. The molecule has 1 aromatic heterocycles. The first-order valence-electron chi connectivity index (χ1n) is 10.1. The van der Waals surface area contributed by atoms with Crippen molar-refractivity contribution in [2.45, 2.75) is 46.3 Å². The Bertz CT molecular complexity index is 1110. The number of halogens is 1. The van der Waals surface area contributed by atoms with E-state index in [2.05, 4.69) is 5.10 Å². The van der Waals surface area contributed by atoms with Crippen LogP contribution in [0.1, 0.15) is 52.0 Å². The van der Waals surface area contributed by atoms with E-state index in [1.165, 1.54) is 6.07 Å². The highest BCUT2D eigenvalue weighted by molar-refractivity contribution is 5.99. The van der Waals surface area contributed by atoms with Crippen molar-refractivity contribution >= 4 is 5.91 Å². The molecule has 2 aromatic carbocycles. The van der Waals surface area contributed by atoms with Crippen molar-refractivity contribution in [3.63, 3.8) is 0 Å². The number of rotatable bonds is 5. The van der Waals surface area contributed by atoms with E-state index in [0.717, 1.165) is 22.3 Å². The fraction of sp³-hybridized carbons (Fsp3) is 0.333. The number of hydrogen-bond acceptors (Lipinski definition) is 3. The number of nitrogens with zero attached hydrogens (tertiary/aromatic N) is 3. The Morgan fingerprint density at radius 2 is 1.93 bits per heavy atom. The number of β-amino-alcohol motifs (C(OH)–C–C–N with tert-alkyl or cyclic N) is 1. The van der Waals surface area contributed by atoms with E-state index in [1.54, 1.807) is 48.0 Å². The van der Waals surface area contributed by atoms with Crippen molar-refractivity contribution in [1.82, 2.24) is 14.7 Å². The predicted octanol–water partition coefficient (Wildman–Crippen LogP) is 3.95. The number of benzene rings is 2. The van der Waals surface area contributed by atoms with Crippen LogP contribution in [0.15, 0.2) is 42.7 Å². The SMILES string of the molecule is Cc1c(Cc2ccc(-n3cccn3)cc2F)cc2c(c1C)CN(CC(C)(C)O)C2=O. The Labute approximate surface area is 175 Å². The number of hydrogen-bond donors (Lipinski definition) is 1. The van der Waals surface area contributed by atoms with Crippen molar-refractivity contribution in [3.8, 4) is 5.69 Å². The van der Waals surface area contributed by atoms with Gasteiger partial charge in [-0.15, -0.1) is 0 Å². The maximum atomic E-state index is 14.8. The lowest BCUT2D eigenvalue weighted by molar-refractivity contribution is 0.0314. The molecule has 30 heavy (non-hydrogen) atoms. The van der Waals surface area contributed by atoms with Gasteiger partial charge >= 0.3 is 0 Å². The normalized spacial score (nSPS) is 13.8. The molecule has 0 saturated heterocycles. The summed E-state index contributed by atoms with van der Waals surface area (Å²) in [6.45, 7) is 8.20. The second kappa shape index (κ2) is 7.36. The van der Waals surface area contributed by atoms with E-state index in [-0.39, 0.29) is 18.3 Å². The molecule has 1 aliphatic heterocycles. The average molecular weight is 407 g/mol. The molecule has 0 spiro atoms. The van der Waals surface area contributed by atoms with Gasteiger partial charge in [0.05, 0.1) is 11.3 Å². The molecule has 3 aromatic rings.